The van der Waals surface area contributed by atoms with Gasteiger partial charge in [-0.1, -0.05) is 195 Å². The fourth-order valence-electron chi connectivity index (χ4n) is 9.04. The van der Waals surface area contributed by atoms with Crippen molar-refractivity contribution in [1.82, 2.24) is 14.5 Å². The summed E-state index contributed by atoms with van der Waals surface area (Å²) in [5.41, 5.74) is 17.1. The third-order valence-corrected chi connectivity index (χ3v) is 13.1. The number of benzene rings is 6. The second-order valence-corrected chi connectivity index (χ2v) is 23.5. The van der Waals surface area contributed by atoms with Crippen molar-refractivity contribution < 1.29 is 5.11 Å². The zero-order valence-corrected chi connectivity index (χ0v) is 42.1. The summed E-state index contributed by atoms with van der Waals surface area (Å²) in [6.07, 6.45) is 2.08. The summed E-state index contributed by atoms with van der Waals surface area (Å²) in [5.74, 6) is 0.962. The molecule has 0 saturated carbocycles. The van der Waals surface area contributed by atoms with Gasteiger partial charge in [0.05, 0.1) is 28.0 Å². The molecule has 0 atom stereocenters. The molecule has 1 N–H and O–H groups in total. The SMILES string of the molecule is CC(C)(C)c1cc(-c2cc(-c3ccccc3)c(C(C)(C)C)cn2)cc(-c2cccc3c2nc(-c2cc(C(C)(C)C)cc(C(C)(C)C)c2O)n3-c2ccc(C(C)(C)C)cc2-c2ccccc2)c1. The summed E-state index contributed by atoms with van der Waals surface area (Å²) in [7, 11) is 0. The van der Waals surface area contributed by atoms with Crippen LogP contribution in [0, 0.1) is 0 Å². The molecule has 0 bridgehead atoms. The van der Waals surface area contributed by atoms with Crippen LogP contribution in [-0.2, 0) is 27.1 Å². The third-order valence-electron chi connectivity index (χ3n) is 13.1. The number of rotatable bonds is 6. The normalized spacial score (nSPS) is 12.8. The molecule has 66 heavy (non-hydrogen) atoms. The van der Waals surface area contributed by atoms with Gasteiger partial charge in [-0.3, -0.25) is 9.55 Å². The van der Waals surface area contributed by atoms with Gasteiger partial charge in [-0.25, -0.2) is 4.98 Å². The molecular formula is C62H69N3O. The number of pyridine rings is 1. The van der Waals surface area contributed by atoms with E-state index in [9.17, 15) is 5.11 Å². The second kappa shape index (κ2) is 16.6. The summed E-state index contributed by atoms with van der Waals surface area (Å²) in [5, 5.41) is 12.6. The predicted molar refractivity (Wildman–Crippen MR) is 281 cm³/mol. The number of phenols is 1. The van der Waals surface area contributed by atoms with Crippen molar-refractivity contribution in [3.63, 3.8) is 0 Å². The van der Waals surface area contributed by atoms with E-state index in [1.54, 1.807) is 0 Å². The van der Waals surface area contributed by atoms with E-state index in [2.05, 4.69) is 248 Å². The van der Waals surface area contributed by atoms with E-state index in [-0.39, 0.29) is 32.8 Å². The van der Waals surface area contributed by atoms with Gasteiger partial charge in [-0.15, -0.1) is 0 Å². The van der Waals surface area contributed by atoms with Gasteiger partial charge < -0.3 is 5.11 Å². The van der Waals surface area contributed by atoms with Crippen LogP contribution in [0.3, 0.4) is 0 Å². The molecule has 0 radical (unpaired) electrons. The van der Waals surface area contributed by atoms with Crippen LogP contribution in [0.15, 0.2) is 140 Å². The van der Waals surface area contributed by atoms with Crippen LogP contribution in [-0.4, -0.2) is 19.6 Å². The summed E-state index contributed by atoms with van der Waals surface area (Å²) >= 11 is 0. The lowest BCUT2D eigenvalue weighted by Gasteiger charge is -2.28. The minimum absolute atomic E-state index is 0.0739. The molecule has 2 aromatic heterocycles. The zero-order valence-electron chi connectivity index (χ0n) is 42.1. The largest absolute Gasteiger partial charge is 0.507 e. The van der Waals surface area contributed by atoms with Crippen molar-refractivity contribution in [2.75, 3.05) is 0 Å². The van der Waals surface area contributed by atoms with E-state index in [0.29, 0.717) is 11.4 Å². The fourth-order valence-corrected chi connectivity index (χ4v) is 9.04. The molecule has 4 nitrogen and oxygen atoms in total. The Kier molecular flexibility index (Phi) is 11.6. The lowest BCUT2D eigenvalue weighted by Crippen LogP contribution is -2.17. The molecule has 338 valence electrons. The molecule has 0 saturated heterocycles. The Morgan fingerprint density at radius 1 is 0.409 bits per heavy atom. The van der Waals surface area contributed by atoms with E-state index < -0.39 is 0 Å². The second-order valence-electron chi connectivity index (χ2n) is 23.5. The van der Waals surface area contributed by atoms with E-state index >= 15 is 0 Å². The maximum Gasteiger partial charge on any atom is 0.149 e. The van der Waals surface area contributed by atoms with E-state index in [1.807, 2.05) is 0 Å². The van der Waals surface area contributed by atoms with Gasteiger partial charge in [0.15, 0.2) is 0 Å². The highest BCUT2D eigenvalue weighted by Crippen LogP contribution is 2.46. The molecule has 0 amide bonds. The van der Waals surface area contributed by atoms with E-state index in [1.165, 1.54) is 27.8 Å². The monoisotopic (exact) mass is 872 g/mol. The minimum atomic E-state index is -0.324. The van der Waals surface area contributed by atoms with Crippen molar-refractivity contribution in [2.24, 2.45) is 0 Å². The predicted octanol–water partition coefficient (Wildman–Crippen LogP) is 16.9. The summed E-state index contributed by atoms with van der Waals surface area (Å²) in [6, 6.07) is 48.3. The molecular weight excluding hydrogens is 803 g/mol. The van der Waals surface area contributed by atoms with E-state index in [0.717, 1.165) is 61.4 Å². The Bertz CT molecular complexity index is 3080. The molecule has 8 rings (SSSR count). The van der Waals surface area contributed by atoms with Crippen molar-refractivity contribution in [3.05, 3.63) is 167 Å². The van der Waals surface area contributed by atoms with E-state index in [4.69, 9.17) is 9.97 Å². The Morgan fingerprint density at radius 2 is 0.955 bits per heavy atom. The van der Waals surface area contributed by atoms with Gasteiger partial charge in [0, 0.05) is 28.5 Å². The van der Waals surface area contributed by atoms with Crippen molar-refractivity contribution in [1.29, 1.82) is 0 Å². The highest BCUT2D eigenvalue weighted by atomic mass is 16.3. The van der Waals surface area contributed by atoms with Gasteiger partial charge >= 0.3 is 0 Å². The summed E-state index contributed by atoms with van der Waals surface area (Å²) in [6.45, 7) is 33.6. The molecule has 0 aliphatic heterocycles. The number of para-hydroxylation sites is 1. The standard InChI is InChI=1S/C62H69N3O/c1-58(2,3)43-29-30-53(48(34-43)40-25-20-17-21-26-40)65-54-28-22-27-46(55(54)64-57(65)49-35-45(60(7,8)9)36-50(56(49)66)61(10,11)12)41-31-42(33-44(32-41)59(4,5)6)52-37-47(39-23-18-16-19-24-39)51(38-63-52)62(13,14)15/h16-38,66H,1-15H3. The van der Waals surface area contributed by atoms with Crippen LogP contribution >= 0.6 is 0 Å². The molecule has 0 fully saturated rings. The quantitative estimate of drug-likeness (QED) is 0.181. The van der Waals surface area contributed by atoms with Crippen molar-refractivity contribution in [2.45, 2.75) is 131 Å². The van der Waals surface area contributed by atoms with Crippen molar-refractivity contribution >= 4 is 11.0 Å². The maximum absolute atomic E-state index is 12.6. The number of nitrogens with zero attached hydrogens (tertiary/aromatic N) is 3. The lowest BCUT2D eigenvalue weighted by atomic mass is 9.79. The summed E-state index contributed by atoms with van der Waals surface area (Å²) in [4.78, 5) is 10.9. The first-order valence-electron chi connectivity index (χ1n) is 23.6. The van der Waals surface area contributed by atoms with Crippen LogP contribution in [0.4, 0.5) is 0 Å². The van der Waals surface area contributed by atoms with Gasteiger partial charge in [0.2, 0.25) is 0 Å². The zero-order chi connectivity index (χ0) is 47.7. The maximum atomic E-state index is 12.6. The molecule has 8 aromatic rings. The topological polar surface area (TPSA) is 50.9 Å². The van der Waals surface area contributed by atoms with Crippen LogP contribution in [0.1, 0.15) is 132 Å². The van der Waals surface area contributed by atoms with Crippen LogP contribution < -0.4 is 0 Å². The Hall–Kier alpha value is -6.26. The average Bonchev–Trinajstić information content (AvgIpc) is 3.64. The molecule has 6 aromatic carbocycles. The van der Waals surface area contributed by atoms with Crippen LogP contribution in [0.25, 0.3) is 72.7 Å². The molecule has 4 heteroatoms. The van der Waals surface area contributed by atoms with Gasteiger partial charge in [-0.05, 0) is 114 Å². The highest BCUT2D eigenvalue weighted by molar-refractivity contribution is 5.98. The first-order valence-corrected chi connectivity index (χ1v) is 23.6. The fraction of sp³-hybridized carbons (Fsp3) is 0.323. The minimum Gasteiger partial charge on any atom is -0.507 e. The Morgan fingerprint density at radius 3 is 1.53 bits per heavy atom. The number of fused-ring (bicyclic) bond motifs is 1. The number of phenolic OH excluding ortho intramolecular Hbond substituents is 1. The first-order chi connectivity index (χ1) is 30.8. The Labute approximate surface area is 394 Å². The van der Waals surface area contributed by atoms with Gasteiger partial charge in [0.1, 0.15) is 11.6 Å². The molecule has 0 spiro atoms. The summed E-state index contributed by atoms with van der Waals surface area (Å²) < 4.78 is 2.30. The molecule has 0 aliphatic rings. The lowest BCUT2D eigenvalue weighted by molar-refractivity contribution is 0.446. The third kappa shape index (κ3) is 9.00. The van der Waals surface area contributed by atoms with Crippen LogP contribution in [0.5, 0.6) is 5.75 Å². The highest BCUT2D eigenvalue weighted by Gasteiger charge is 2.30. The average molecular weight is 872 g/mol. The first kappa shape index (κ1) is 46.3. The molecule has 0 aliphatic carbocycles. The number of aromatic hydroxyl groups is 1. The van der Waals surface area contributed by atoms with Gasteiger partial charge in [0.25, 0.3) is 0 Å². The Balaban J connectivity index is 1.47. The number of hydrogen-bond donors (Lipinski definition) is 1. The molecule has 2 heterocycles. The smallest absolute Gasteiger partial charge is 0.149 e. The number of hydrogen-bond acceptors (Lipinski definition) is 3. The number of imidazole rings is 1. The number of aromatic nitrogens is 3. The van der Waals surface area contributed by atoms with Gasteiger partial charge in [-0.2, -0.15) is 0 Å². The van der Waals surface area contributed by atoms with Crippen LogP contribution in [0.2, 0.25) is 0 Å². The van der Waals surface area contributed by atoms with Crippen molar-refractivity contribution in [3.8, 4) is 67.5 Å². The molecule has 0 unspecified atom stereocenters.